The molecule has 0 spiro atoms. The molecular formula is C16H21BrFNO. The number of carbonyl (C=O) groups excluding carboxylic acids is 1. The van der Waals surface area contributed by atoms with Crippen LogP contribution in [0.15, 0.2) is 18.2 Å². The van der Waals surface area contributed by atoms with Crippen molar-refractivity contribution in [1.29, 1.82) is 0 Å². The van der Waals surface area contributed by atoms with Crippen molar-refractivity contribution >= 4 is 27.5 Å². The molecule has 2 rings (SSSR count). The van der Waals surface area contributed by atoms with Gasteiger partial charge in [-0.2, -0.15) is 0 Å². The Kier molecular flexibility index (Phi) is 4.52. The molecule has 110 valence electrons. The first-order chi connectivity index (χ1) is 9.32. The number of hydrogen-bond acceptors (Lipinski definition) is 1. The molecule has 1 aliphatic rings. The van der Waals surface area contributed by atoms with E-state index in [0.717, 1.165) is 16.6 Å². The van der Waals surface area contributed by atoms with Gasteiger partial charge in [0.2, 0.25) is 5.91 Å². The topological polar surface area (TPSA) is 20.3 Å². The first kappa shape index (κ1) is 15.5. The van der Waals surface area contributed by atoms with Crippen LogP contribution in [0.4, 0.5) is 10.1 Å². The highest BCUT2D eigenvalue weighted by Crippen LogP contribution is 2.34. The number of alkyl halides is 1. The van der Waals surface area contributed by atoms with Crippen molar-refractivity contribution in [3.63, 3.8) is 0 Å². The third-order valence-electron chi connectivity index (χ3n) is 4.06. The van der Waals surface area contributed by atoms with Gasteiger partial charge < -0.3 is 4.90 Å². The number of benzene rings is 1. The summed E-state index contributed by atoms with van der Waals surface area (Å²) in [5, 5.41) is 0.824. The van der Waals surface area contributed by atoms with E-state index in [0.29, 0.717) is 25.3 Å². The van der Waals surface area contributed by atoms with E-state index in [2.05, 4.69) is 36.7 Å². The van der Waals surface area contributed by atoms with Crippen molar-refractivity contribution in [2.45, 2.75) is 33.6 Å². The average Bonchev–Trinajstić information content (AvgIpc) is 2.36. The first-order valence-electron chi connectivity index (χ1n) is 6.97. The zero-order valence-electron chi connectivity index (χ0n) is 12.2. The zero-order valence-corrected chi connectivity index (χ0v) is 13.8. The van der Waals surface area contributed by atoms with E-state index in [4.69, 9.17) is 0 Å². The van der Waals surface area contributed by atoms with Gasteiger partial charge in [0.05, 0.1) is 0 Å². The van der Waals surface area contributed by atoms with Crippen LogP contribution in [0.5, 0.6) is 0 Å². The molecule has 1 unspecified atom stereocenters. The van der Waals surface area contributed by atoms with E-state index < -0.39 is 0 Å². The van der Waals surface area contributed by atoms with Crippen LogP contribution in [0, 0.1) is 17.2 Å². The van der Waals surface area contributed by atoms with Gasteiger partial charge >= 0.3 is 0 Å². The molecule has 20 heavy (non-hydrogen) atoms. The number of carbonyl (C=O) groups is 1. The SMILES string of the molecule is CC(C)(C)C(CBr)CN1C(=O)CCc2ccc(F)cc21. The molecular weight excluding hydrogens is 321 g/mol. The number of aryl methyl sites for hydroxylation is 1. The summed E-state index contributed by atoms with van der Waals surface area (Å²) in [7, 11) is 0. The van der Waals surface area contributed by atoms with Gasteiger partial charge in [0, 0.05) is 24.0 Å². The number of rotatable bonds is 3. The molecule has 1 aliphatic heterocycles. The van der Waals surface area contributed by atoms with Gasteiger partial charge in [-0.05, 0) is 35.4 Å². The molecule has 1 amide bonds. The van der Waals surface area contributed by atoms with Crippen molar-refractivity contribution in [2.24, 2.45) is 11.3 Å². The van der Waals surface area contributed by atoms with Crippen LogP contribution in [0.1, 0.15) is 32.8 Å². The Labute approximate surface area is 128 Å². The second-order valence-corrected chi connectivity index (χ2v) is 7.14. The van der Waals surface area contributed by atoms with Gasteiger partial charge in [0.1, 0.15) is 5.82 Å². The molecule has 0 radical (unpaired) electrons. The lowest BCUT2D eigenvalue weighted by atomic mass is 9.81. The van der Waals surface area contributed by atoms with Crippen LogP contribution >= 0.6 is 15.9 Å². The second kappa shape index (κ2) is 5.84. The molecule has 0 aliphatic carbocycles. The maximum absolute atomic E-state index is 13.5. The number of halogens is 2. The number of anilines is 1. The second-order valence-electron chi connectivity index (χ2n) is 6.49. The molecule has 0 aromatic heterocycles. The minimum absolute atomic E-state index is 0.0920. The smallest absolute Gasteiger partial charge is 0.227 e. The maximum atomic E-state index is 13.5. The number of fused-ring (bicyclic) bond motifs is 1. The molecule has 0 bridgehead atoms. The first-order valence-corrected chi connectivity index (χ1v) is 8.10. The molecule has 1 atom stereocenters. The molecule has 4 heteroatoms. The molecule has 1 aromatic carbocycles. The monoisotopic (exact) mass is 341 g/mol. The van der Waals surface area contributed by atoms with Gasteiger partial charge in [-0.15, -0.1) is 0 Å². The normalized spacial score (nSPS) is 17.1. The predicted octanol–water partition coefficient (Wildman–Crippen LogP) is 4.16. The van der Waals surface area contributed by atoms with Gasteiger partial charge in [-0.25, -0.2) is 4.39 Å². The fourth-order valence-electron chi connectivity index (χ4n) is 2.49. The molecule has 0 saturated carbocycles. The summed E-state index contributed by atoms with van der Waals surface area (Å²) in [4.78, 5) is 14.0. The van der Waals surface area contributed by atoms with Crippen LogP contribution in [-0.2, 0) is 11.2 Å². The lowest BCUT2D eigenvalue weighted by Crippen LogP contribution is -2.42. The summed E-state index contributed by atoms with van der Waals surface area (Å²) >= 11 is 3.54. The Morgan fingerprint density at radius 2 is 2.05 bits per heavy atom. The number of hydrogen-bond donors (Lipinski definition) is 0. The van der Waals surface area contributed by atoms with Crippen LogP contribution in [0.3, 0.4) is 0 Å². The lowest BCUT2D eigenvalue weighted by Gasteiger charge is -2.37. The average molecular weight is 342 g/mol. The minimum Gasteiger partial charge on any atom is -0.312 e. The number of nitrogens with zero attached hydrogens (tertiary/aromatic N) is 1. The Balaban J connectivity index is 2.32. The third kappa shape index (κ3) is 3.22. The highest BCUT2D eigenvalue weighted by molar-refractivity contribution is 9.09. The summed E-state index contributed by atoms with van der Waals surface area (Å²) in [6.45, 7) is 7.13. The van der Waals surface area contributed by atoms with E-state index in [1.54, 1.807) is 11.0 Å². The Morgan fingerprint density at radius 1 is 1.35 bits per heavy atom. The Hall–Kier alpha value is -0.900. The van der Waals surface area contributed by atoms with E-state index in [9.17, 15) is 9.18 Å². The van der Waals surface area contributed by atoms with Crippen molar-refractivity contribution in [3.8, 4) is 0 Å². The minimum atomic E-state index is -0.283. The van der Waals surface area contributed by atoms with Gasteiger partial charge in [-0.1, -0.05) is 42.8 Å². The summed E-state index contributed by atoms with van der Waals surface area (Å²) < 4.78 is 13.5. The van der Waals surface area contributed by atoms with Crippen LogP contribution in [0.25, 0.3) is 0 Å². The standard InChI is InChI=1S/C16H21BrFNO/c1-16(2,3)12(9-17)10-19-14-8-13(18)6-4-11(14)5-7-15(19)20/h4,6,8,12H,5,7,9-10H2,1-3H3. The van der Waals surface area contributed by atoms with Crippen molar-refractivity contribution in [3.05, 3.63) is 29.6 Å². The van der Waals surface area contributed by atoms with Gasteiger partial charge in [0.25, 0.3) is 0 Å². The summed E-state index contributed by atoms with van der Waals surface area (Å²) in [5.41, 5.74) is 1.90. The highest BCUT2D eigenvalue weighted by Gasteiger charge is 2.31. The molecule has 1 heterocycles. The van der Waals surface area contributed by atoms with Gasteiger partial charge in [0.15, 0.2) is 0 Å². The van der Waals surface area contributed by atoms with Crippen LogP contribution < -0.4 is 4.90 Å². The number of amides is 1. The summed E-state index contributed by atoms with van der Waals surface area (Å²) in [5.74, 6) is 0.133. The molecule has 0 saturated heterocycles. The van der Waals surface area contributed by atoms with Gasteiger partial charge in [-0.3, -0.25) is 4.79 Å². The predicted molar refractivity (Wildman–Crippen MR) is 83.8 cm³/mol. The van der Waals surface area contributed by atoms with Crippen molar-refractivity contribution < 1.29 is 9.18 Å². The summed E-state index contributed by atoms with van der Waals surface area (Å²) in [6, 6.07) is 4.75. The highest BCUT2D eigenvalue weighted by atomic mass is 79.9. The molecule has 0 N–H and O–H groups in total. The quantitative estimate of drug-likeness (QED) is 0.756. The van der Waals surface area contributed by atoms with Crippen LogP contribution in [-0.4, -0.2) is 17.8 Å². The lowest BCUT2D eigenvalue weighted by molar-refractivity contribution is -0.119. The fourth-order valence-corrected chi connectivity index (χ4v) is 3.66. The maximum Gasteiger partial charge on any atom is 0.227 e. The van der Waals surface area contributed by atoms with Crippen molar-refractivity contribution in [2.75, 3.05) is 16.8 Å². The van der Waals surface area contributed by atoms with E-state index >= 15 is 0 Å². The van der Waals surface area contributed by atoms with E-state index in [-0.39, 0.29) is 17.1 Å². The summed E-state index contributed by atoms with van der Waals surface area (Å²) in [6.07, 6.45) is 1.22. The van der Waals surface area contributed by atoms with Crippen molar-refractivity contribution in [1.82, 2.24) is 0 Å². The zero-order chi connectivity index (χ0) is 14.9. The largest absolute Gasteiger partial charge is 0.312 e. The Morgan fingerprint density at radius 3 is 2.65 bits per heavy atom. The molecule has 0 fully saturated rings. The van der Waals surface area contributed by atoms with E-state index in [1.807, 2.05) is 0 Å². The molecule has 1 aromatic rings. The van der Waals surface area contributed by atoms with Crippen LogP contribution in [0.2, 0.25) is 0 Å². The fraction of sp³-hybridized carbons (Fsp3) is 0.562. The Bertz CT molecular complexity index is 510. The van der Waals surface area contributed by atoms with E-state index in [1.165, 1.54) is 12.1 Å². The third-order valence-corrected chi connectivity index (χ3v) is 4.84. The molecule has 2 nitrogen and oxygen atoms in total.